The van der Waals surface area contributed by atoms with Crippen molar-refractivity contribution in [1.82, 2.24) is 21.3 Å². The monoisotopic (exact) mass is 637 g/mol. The lowest BCUT2D eigenvalue weighted by atomic mass is 9.95. The van der Waals surface area contributed by atoms with Crippen LogP contribution in [0.15, 0.2) is 83.3 Å². The summed E-state index contributed by atoms with van der Waals surface area (Å²) < 4.78 is 6.17. The van der Waals surface area contributed by atoms with Gasteiger partial charge in [0.2, 0.25) is 0 Å². The van der Waals surface area contributed by atoms with Gasteiger partial charge in [0, 0.05) is 24.2 Å². The lowest BCUT2D eigenvalue weighted by molar-refractivity contribution is 0.0936. The fraction of sp³-hybridized carbons (Fsp3) is 0.368. The molecule has 8 heteroatoms. The normalized spacial score (nSPS) is 14.8. The maximum Gasteiger partial charge on any atom is 0.253 e. The molecule has 7 nitrogen and oxygen atoms in total. The number of benzene rings is 3. The summed E-state index contributed by atoms with van der Waals surface area (Å²) in [5, 5.41) is 23.3. The van der Waals surface area contributed by atoms with Crippen molar-refractivity contribution in [2.75, 3.05) is 26.2 Å². The number of nitrogens with zero attached hydrogens (tertiary/aromatic N) is 1. The molecule has 240 valence electrons. The van der Waals surface area contributed by atoms with Gasteiger partial charge in [0.25, 0.3) is 5.91 Å². The van der Waals surface area contributed by atoms with Crippen LogP contribution in [0.3, 0.4) is 0 Å². The average molecular weight is 638 g/mol. The van der Waals surface area contributed by atoms with Crippen molar-refractivity contribution >= 4 is 17.5 Å². The number of rotatable bonds is 14. The highest BCUT2D eigenvalue weighted by Gasteiger charge is 2.19. The van der Waals surface area contributed by atoms with Gasteiger partial charge in [-0.1, -0.05) is 53.6 Å². The predicted octanol–water partition coefficient (Wildman–Crippen LogP) is 6.95. The molecule has 0 spiro atoms. The molecule has 5 rings (SSSR count). The molecule has 3 aromatic carbocycles. The van der Waals surface area contributed by atoms with Crippen molar-refractivity contribution < 1.29 is 9.21 Å². The van der Waals surface area contributed by atoms with Crippen LogP contribution >= 0.6 is 11.6 Å². The molecule has 2 atom stereocenters. The Balaban J connectivity index is 1.22. The fourth-order valence-corrected chi connectivity index (χ4v) is 6.10. The van der Waals surface area contributed by atoms with Crippen molar-refractivity contribution in [1.29, 1.82) is 5.26 Å². The average Bonchev–Trinajstić information content (AvgIpc) is 3.56. The van der Waals surface area contributed by atoms with E-state index in [4.69, 9.17) is 16.0 Å². The Morgan fingerprint density at radius 3 is 2.54 bits per heavy atom. The Labute approximate surface area is 277 Å². The van der Waals surface area contributed by atoms with Gasteiger partial charge in [0.05, 0.1) is 28.8 Å². The van der Waals surface area contributed by atoms with E-state index in [-0.39, 0.29) is 18.0 Å². The first kappa shape index (κ1) is 33.4. The van der Waals surface area contributed by atoms with Crippen LogP contribution in [0, 0.1) is 24.2 Å². The second-order valence-electron chi connectivity index (χ2n) is 12.3. The molecule has 0 radical (unpaired) electrons. The molecule has 4 aromatic rings. The zero-order valence-corrected chi connectivity index (χ0v) is 27.5. The molecular weight excluding hydrogens is 594 g/mol. The molecule has 1 aliphatic heterocycles. The predicted molar refractivity (Wildman–Crippen MR) is 185 cm³/mol. The van der Waals surface area contributed by atoms with Gasteiger partial charge in [-0.15, -0.1) is 0 Å². The summed E-state index contributed by atoms with van der Waals surface area (Å²) in [6.07, 6.45) is 4.17. The number of carbonyl (C=O) groups is 1. The maximum absolute atomic E-state index is 13.7. The lowest BCUT2D eigenvalue weighted by Crippen LogP contribution is -2.44. The Morgan fingerprint density at radius 2 is 1.80 bits per heavy atom. The van der Waals surface area contributed by atoms with Crippen molar-refractivity contribution in [2.45, 2.75) is 58.2 Å². The largest absolute Gasteiger partial charge is 0.460 e. The van der Waals surface area contributed by atoms with Crippen molar-refractivity contribution in [3.8, 4) is 17.4 Å². The van der Waals surface area contributed by atoms with Crippen LogP contribution in [0.4, 0.5) is 0 Å². The fourth-order valence-electron chi connectivity index (χ4n) is 5.90. The number of piperidine rings is 1. The third-order valence-electron chi connectivity index (χ3n) is 8.80. The zero-order valence-electron chi connectivity index (χ0n) is 26.7. The van der Waals surface area contributed by atoms with Gasteiger partial charge in [-0.3, -0.25) is 4.79 Å². The smallest absolute Gasteiger partial charge is 0.253 e. The second-order valence-corrected chi connectivity index (χ2v) is 12.8. The highest BCUT2D eigenvalue weighted by molar-refractivity contribution is 6.34. The molecule has 2 heterocycles. The SMILES string of the molecule is Cc1ccc(C(C)NCc2ccc(-c3ccc(Cl)c(C(=O)N[C@@H](CNCCC4CCNCC4)Cc4ccc(C#N)cc4)c3)o2)cc1. The highest BCUT2D eigenvalue weighted by Crippen LogP contribution is 2.28. The number of halogens is 1. The highest BCUT2D eigenvalue weighted by atomic mass is 35.5. The van der Waals surface area contributed by atoms with Crippen LogP contribution in [-0.4, -0.2) is 38.1 Å². The minimum Gasteiger partial charge on any atom is -0.460 e. The van der Waals surface area contributed by atoms with Crippen LogP contribution in [0.25, 0.3) is 11.3 Å². The van der Waals surface area contributed by atoms with Crippen molar-refractivity contribution in [2.24, 2.45) is 5.92 Å². The van der Waals surface area contributed by atoms with Gasteiger partial charge in [0.1, 0.15) is 11.5 Å². The Morgan fingerprint density at radius 1 is 1.04 bits per heavy atom. The molecule has 0 saturated carbocycles. The number of hydrogen-bond donors (Lipinski definition) is 4. The minimum absolute atomic E-state index is 0.162. The molecule has 4 N–H and O–H groups in total. The molecule has 1 amide bonds. The summed E-state index contributed by atoms with van der Waals surface area (Å²) in [6, 6.07) is 27.5. The summed E-state index contributed by atoms with van der Waals surface area (Å²) in [6.45, 7) is 8.51. The Kier molecular flexibility index (Phi) is 12.0. The van der Waals surface area contributed by atoms with E-state index in [1.54, 1.807) is 12.1 Å². The number of nitrogens with one attached hydrogen (secondary N) is 4. The summed E-state index contributed by atoms with van der Waals surface area (Å²) >= 11 is 6.57. The van der Waals surface area contributed by atoms with Gasteiger partial charge in [-0.2, -0.15) is 5.26 Å². The van der Waals surface area contributed by atoms with Crippen LogP contribution < -0.4 is 21.3 Å². The molecule has 1 aliphatic rings. The number of carbonyl (C=O) groups excluding carboxylic acids is 1. The first-order valence-electron chi connectivity index (χ1n) is 16.3. The molecule has 1 unspecified atom stereocenters. The number of furan rings is 1. The summed E-state index contributed by atoms with van der Waals surface area (Å²) in [4.78, 5) is 13.7. The standard InChI is InChI=1S/C38H44ClN5O2/c1-26-3-9-31(10-4-26)27(2)43-25-34-12-14-37(46-34)32-11-13-36(39)35(22-32)38(45)44-33(21-29-5-7-30(23-40)8-6-29)24-42-20-17-28-15-18-41-19-16-28/h3-14,22,27-28,33,41-43H,15-21,24-25H2,1-2H3,(H,44,45)/t27?,33-/m1/s1. The maximum atomic E-state index is 13.7. The van der Waals surface area contributed by atoms with Gasteiger partial charge in [-0.05, 0) is 119 Å². The number of amides is 1. The summed E-state index contributed by atoms with van der Waals surface area (Å²) in [5.74, 6) is 1.99. The van der Waals surface area contributed by atoms with E-state index in [1.807, 2.05) is 42.5 Å². The summed E-state index contributed by atoms with van der Waals surface area (Å²) in [7, 11) is 0. The zero-order chi connectivity index (χ0) is 32.3. The first-order valence-corrected chi connectivity index (χ1v) is 16.7. The summed E-state index contributed by atoms with van der Waals surface area (Å²) in [5.41, 5.74) is 5.33. The van der Waals surface area contributed by atoms with E-state index in [0.717, 1.165) is 48.9 Å². The quantitative estimate of drug-likeness (QED) is 0.112. The van der Waals surface area contributed by atoms with E-state index in [1.165, 1.54) is 24.0 Å². The molecule has 1 saturated heterocycles. The van der Waals surface area contributed by atoms with E-state index in [9.17, 15) is 10.1 Å². The van der Waals surface area contributed by atoms with E-state index in [0.29, 0.717) is 41.4 Å². The molecule has 1 aromatic heterocycles. The molecule has 0 bridgehead atoms. The van der Waals surface area contributed by atoms with E-state index in [2.05, 4.69) is 65.4 Å². The topological polar surface area (TPSA) is 102 Å². The van der Waals surface area contributed by atoms with Crippen LogP contribution in [0.5, 0.6) is 0 Å². The Hall–Kier alpha value is -3.93. The number of aryl methyl sites for hydroxylation is 1. The van der Waals surface area contributed by atoms with Crippen molar-refractivity contribution in [3.63, 3.8) is 0 Å². The van der Waals surface area contributed by atoms with Gasteiger partial charge in [-0.25, -0.2) is 0 Å². The molecule has 0 aliphatic carbocycles. The number of nitriles is 1. The van der Waals surface area contributed by atoms with Crippen LogP contribution in [0.1, 0.15) is 70.6 Å². The lowest BCUT2D eigenvalue weighted by Gasteiger charge is -2.24. The van der Waals surface area contributed by atoms with E-state index < -0.39 is 0 Å². The molecular formula is C38H44ClN5O2. The minimum atomic E-state index is -0.231. The van der Waals surface area contributed by atoms with Crippen LogP contribution in [0.2, 0.25) is 5.02 Å². The number of hydrogen-bond acceptors (Lipinski definition) is 6. The van der Waals surface area contributed by atoms with Gasteiger partial charge in [0.15, 0.2) is 0 Å². The van der Waals surface area contributed by atoms with Gasteiger partial charge < -0.3 is 25.7 Å². The molecule has 1 fully saturated rings. The third-order valence-corrected chi connectivity index (χ3v) is 9.13. The third kappa shape index (κ3) is 9.54. The Bertz CT molecular complexity index is 1600. The second kappa shape index (κ2) is 16.6. The van der Waals surface area contributed by atoms with Gasteiger partial charge >= 0.3 is 0 Å². The first-order chi connectivity index (χ1) is 22.4. The van der Waals surface area contributed by atoms with E-state index >= 15 is 0 Å². The van der Waals surface area contributed by atoms with Crippen molar-refractivity contribution in [3.05, 3.63) is 117 Å². The molecule has 46 heavy (non-hydrogen) atoms. The van der Waals surface area contributed by atoms with Crippen LogP contribution in [-0.2, 0) is 13.0 Å².